The van der Waals surface area contributed by atoms with Gasteiger partial charge in [-0.15, -0.1) is 11.3 Å². The molecule has 1 aromatic carbocycles. The maximum atomic E-state index is 9.15. The van der Waals surface area contributed by atoms with Gasteiger partial charge >= 0.3 is 0 Å². The third-order valence-corrected chi connectivity index (χ3v) is 3.28. The van der Waals surface area contributed by atoms with E-state index in [1.54, 1.807) is 11.3 Å². The van der Waals surface area contributed by atoms with Crippen molar-refractivity contribution in [3.8, 4) is 0 Å². The van der Waals surface area contributed by atoms with Crippen LogP contribution in [0.4, 0.5) is 5.69 Å². The Bertz CT molecular complexity index is 447. The summed E-state index contributed by atoms with van der Waals surface area (Å²) in [6.45, 7) is 2.05. The first kappa shape index (κ1) is 8.53. The second kappa shape index (κ2) is 3.01. The van der Waals surface area contributed by atoms with Crippen LogP contribution in [0.25, 0.3) is 10.1 Å². The van der Waals surface area contributed by atoms with Crippen molar-refractivity contribution in [3.05, 3.63) is 28.6 Å². The molecule has 0 atom stereocenters. The zero-order valence-corrected chi connectivity index (χ0v) is 8.19. The average Bonchev–Trinajstić information content (AvgIpc) is 2.53. The van der Waals surface area contributed by atoms with Crippen LogP contribution in [0.3, 0.4) is 0 Å². The Morgan fingerprint density at radius 1 is 1.54 bits per heavy atom. The average molecular weight is 193 g/mol. The normalized spacial score (nSPS) is 10.9. The maximum Gasteiger partial charge on any atom is 0.0708 e. The number of aliphatic hydroxyl groups excluding tert-OH is 1. The van der Waals surface area contributed by atoms with Gasteiger partial charge in [0.05, 0.1) is 6.61 Å². The Balaban J connectivity index is 2.88. The molecule has 1 aromatic heterocycles. The van der Waals surface area contributed by atoms with E-state index < -0.39 is 0 Å². The van der Waals surface area contributed by atoms with Gasteiger partial charge in [0, 0.05) is 21.3 Å². The van der Waals surface area contributed by atoms with Gasteiger partial charge in [0.15, 0.2) is 0 Å². The van der Waals surface area contributed by atoms with Crippen LogP contribution in [0.1, 0.15) is 11.1 Å². The molecule has 1 heterocycles. The highest BCUT2D eigenvalue weighted by Crippen LogP contribution is 2.31. The van der Waals surface area contributed by atoms with Crippen molar-refractivity contribution >= 4 is 27.1 Å². The number of anilines is 1. The van der Waals surface area contributed by atoms with Gasteiger partial charge in [0.25, 0.3) is 0 Å². The summed E-state index contributed by atoms with van der Waals surface area (Å²) in [5, 5.41) is 12.3. The van der Waals surface area contributed by atoms with Gasteiger partial charge in [0.1, 0.15) is 0 Å². The molecule has 2 aromatic rings. The second-order valence-corrected chi connectivity index (χ2v) is 4.00. The number of aryl methyl sites for hydroxylation is 1. The Hall–Kier alpha value is -1.06. The lowest BCUT2D eigenvalue weighted by atomic mass is 10.1. The molecule has 0 saturated carbocycles. The molecule has 0 aliphatic heterocycles. The molecule has 0 spiro atoms. The highest BCUT2D eigenvalue weighted by atomic mass is 32.1. The first-order valence-electron chi connectivity index (χ1n) is 4.10. The van der Waals surface area contributed by atoms with E-state index in [-0.39, 0.29) is 6.61 Å². The summed E-state index contributed by atoms with van der Waals surface area (Å²) in [5.74, 6) is 0. The molecule has 3 heteroatoms. The highest BCUT2D eigenvalue weighted by molar-refractivity contribution is 7.17. The van der Waals surface area contributed by atoms with Gasteiger partial charge < -0.3 is 10.8 Å². The second-order valence-electron chi connectivity index (χ2n) is 3.08. The Morgan fingerprint density at radius 3 is 3.00 bits per heavy atom. The topological polar surface area (TPSA) is 46.2 Å². The minimum absolute atomic E-state index is 0.0132. The van der Waals surface area contributed by atoms with Crippen LogP contribution in [0.15, 0.2) is 17.5 Å². The first-order chi connectivity index (χ1) is 6.24. The summed E-state index contributed by atoms with van der Waals surface area (Å²) >= 11 is 1.69. The number of nitrogens with two attached hydrogens (primary N) is 1. The lowest BCUT2D eigenvalue weighted by Crippen LogP contribution is -1.95. The van der Waals surface area contributed by atoms with Crippen LogP contribution in [-0.4, -0.2) is 5.11 Å². The quantitative estimate of drug-likeness (QED) is 0.682. The number of nitrogen functional groups attached to an aromatic ring is 1. The van der Waals surface area contributed by atoms with Crippen LogP contribution in [0, 0.1) is 6.92 Å². The van der Waals surface area contributed by atoms with Crippen molar-refractivity contribution in [1.82, 2.24) is 0 Å². The van der Waals surface area contributed by atoms with Crippen molar-refractivity contribution in [3.63, 3.8) is 0 Å². The predicted molar refractivity (Wildman–Crippen MR) is 56.9 cm³/mol. The van der Waals surface area contributed by atoms with Crippen LogP contribution in [-0.2, 0) is 6.61 Å². The lowest BCUT2D eigenvalue weighted by molar-refractivity contribution is 0.284. The molecule has 0 fully saturated rings. The SMILES string of the molecule is Cc1cc(N)c(CO)c2ccsc12. The van der Waals surface area contributed by atoms with E-state index in [9.17, 15) is 0 Å². The van der Waals surface area contributed by atoms with E-state index in [1.807, 2.05) is 24.4 Å². The minimum Gasteiger partial charge on any atom is -0.398 e. The van der Waals surface area contributed by atoms with Crippen molar-refractivity contribution in [1.29, 1.82) is 0 Å². The number of hydrogen-bond acceptors (Lipinski definition) is 3. The number of fused-ring (bicyclic) bond motifs is 1. The van der Waals surface area contributed by atoms with E-state index in [4.69, 9.17) is 10.8 Å². The van der Waals surface area contributed by atoms with Crippen LogP contribution in [0.2, 0.25) is 0 Å². The van der Waals surface area contributed by atoms with Gasteiger partial charge in [-0.2, -0.15) is 0 Å². The summed E-state index contributed by atoms with van der Waals surface area (Å²) in [4.78, 5) is 0. The third-order valence-electron chi connectivity index (χ3n) is 2.23. The van der Waals surface area contributed by atoms with E-state index in [0.717, 1.165) is 10.9 Å². The summed E-state index contributed by atoms with van der Waals surface area (Å²) in [6, 6.07) is 3.93. The van der Waals surface area contributed by atoms with Crippen LogP contribution < -0.4 is 5.73 Å². The molecule has 2 rings (SSSR count). The fourth-order valence-corrected chi connectivity index (χ4v) is 2.47. The molecule has 0 aliphatic rings. The minimum atomic E-state index is 0.0132. The Labute approximate surface area is 80.6 Å². The molecule has 2 nitrogen and oxygen atoms in total. The molecule has 68 valence electrons. The molecule has 0 bridgehead atoms. The van der Waals surface area contributed by atoms with E-state index in [1.165, 1.54) is 10.3 Å². The molecule has 0 saturated heterocycles. The summed E-state index contributed by atoms with van der Waals surface area (Å²) in [7, 11) is 0. The van der Waals surface area contributed by atoms with E-state index in [2.05, 4.69) is 0 Å². The van der Waals surface area contributed by atoms with Gasteiger partial charge in [-0.05, 0) is 30.0 Å². The molecule has 0 amide bonds. The van der Waals surface area contributed by atoms with Gasteiger partial charge in [-0.1, -0.05) is 0 Å². The van der Waals surface area contributed by atoms with Crippen molar-refractivity contribution in [2.75, 3.05) is 5.73 Å². The van der Waals surface area contributed by atoms with Crippen molar-refractivity contribution in [2.24, 2.45) is 0 Å². The largest absolute Gasteiger partial charge is 0.398 e. The maximum absolute atomic E-state index is 9.15. The summed E-state index contributed by atoms with van der Waals surface area (Å²) in [6.07, 6.45) is 0. The Kier molecular flexibility index (Phi) is 1.98. The highest BCUT2D eigenvalue weighted by Gasteiger charge is 2.07. The number of thiophene rings is 1. The fourth-order valence-electron chi connectivity index (χ4n) is 1.57. The van der Waals surface area contributed by atoms with Crippen LogP contribution >= 0.6 is 11.3 Å². The van der Waals surface area contributed by atoms with Gasteiger partial charge in [-0.3, -0.25) is 0 Å². The number of aliphatic hydroxyl groups is 1. The molecule has 13 heavy (non-hydrogen) atoms. The number of benzene rings is 1. The third kappa shape index (κ3) is 1.20. The monoisotopic (exact) mass is 193 g/mol. The summed E-state index contributed by atoms with van der Waals surface area (Å²) < 4.78 is 1.22. The van der Waals surface area contributed by atoms with Gasteiger partial charge in [0.2, 0.25) is 0 Å². The first-order valence-corrected chi connectivity index (χ1v) is 4.98. The molecular formula is C10H11NOS. The zero-order valence-electron chi connectivity index (χ0n) is 7.37. The van der Waals surface area contributed by atoms with Crippen molar-refractivity contribution < 1.29 is 5.11 Å². The van der Waals surface area contributed by atoms with E-state index in [0.29, 0.717) is 5.69 Å². The number of hydrogen-bond donors (Lipinski definition) is 2. The molecule has 0 radical (unpaired) electrons. The molecule has 0 aliphatic carbocycles. The zero-order chi connectivity index (χ0) is 9.42. The Morgan fingerprint density at radius 2 is 2.31 bits per heavy atom. The van der Waals surface area contributed by atoms with Crippen molar-refractivity contribution in [2.45, 2.75) is 13.5 Å². The molecule has 3 N–H and O–H groups in total. The summed E-state index contributed by atoms with van der Waals surface area (Å²) in [5.41, 5.74) is 8.52. The lowest BCUT2D eigenvalue weighted by Gasteiger charge is -2.06. The van der Waals surface area contributed by atoms with Gasteiger partial charge in [-0.25, -0.2) is 0 Å². The smallest absolute Gasteiger partial charge is 0.0708 e. The number of rotatable bonds is 1. The van der Waals surface area contributed by atoms with E-state index >= 15 is 0 Å². The fraction of sp³-hybridized carbons (Fsp3) is 0.200. The molecular weight excluding hydrogens is 182 g/mol. The molecule has 0 unspecified atom stereocenters. The standard InChI is InChI=1S/C10H11NOS/c1-6-4-9(11)8(5-12)7-2-3-13-10(6)7/h2-4,12H,5,11H2,1H3. The predicted octanol–water partition coefficient (Wildman–Crippen LogP) is 2.28. The van der Waals surface area contributed by atoms with Crippen LogP contribution in [0.5, 0.6) is 0 Å².